The number of aldehydes is 1. The molecule has 0 heterocycles. The minimum absolute atomic E-state index is 0.0487. The smallest absolute Gasteiger partial charge is 0.305 e. The standard InChI is InChI=1S/C24H42O7/c1-2-3-4-5-6-7-8-9-10-11-12-13-14-15-16-17-22(28)31-19-21(27)24(30)23(29)20(26)18-25/h6-7,9-10,18,20-21,23-24,26-27,29-30H,2-5,8,11-17,19H2,1H3/b7-6-,10-9-/t20-,21+,23+,24+/m0/s1/i1D. The van der Waals surface area contributed by atoms with Crippen LogP contribution in [0, 0.1) is 0 Å². The predicted octanol–water partition coefficient (Wildman–Crippen LogP) is 2.99. The normalized spacial score (nSPS) is 16.2. The molecule has 7 heteroatoms. The lowest BCUT2D eigenvalue weighted by molar-refractivity contribution is -0.156. The molecule has 0 amide bonds. The number of hydrogen-bond donors (Lipinski definition) is 4. The first kappa shape index (κ1) is 27.5. The molecule has 0 aromatic rings. The van der Waals surface area contributed by atoms with Gasteiger partial charge in [-0.1, -0.05) is 63.3 Å². The van der Waals surface area contributed by atoms with Crippen LogP contribution >= 0.6 is 0 Å². The van der Waals surface area contributed by atoms with E-state index >= 15 is 0 Å². The molecule has 0 aromatic heterocycles. The van der Waals surface area contributed by atoms with Gasteiger partial charge < -0.3 is 30.0 Å². The van der Waals surface area contributed by atoms with Crippen LogP contribution in [-0.2, 0) is 14.3 Å². The lowest BCUT2D eigenvalue weighted by Gasteiger charge is -2.23. The largest absolute Gasteiger partial charge is 0.463 e. The van der Waals surface area contributed by atoms with Crippen molar-refractivity contribution in [3.63, 3.8) is 0 Å². The average Bonchev–Trinajstić information content (AvgIpc) is 2.80. The van der Waals surface area contributed by atoms with Gasteiger partial charge in [-0.15, -0.1) is 0 Å². The van der Waals surface area contributed by atoms with E-state index in [-0.39, 0.29) is 12.7 Å². The number of aliphatic hydroxyl groups excluding tert-OH is 4. The number of rotatable bonds is 20. The second-order valence-corrected chi connectivity index (χ2v) is 7.69. The SMILES string of the molecule is [2H]CCCCC/C=C\C/C=C\CCCCCCCC(=O)OC[C@@H](O)[C@@H](O)[C@H](O)[C@@H](O)C=O. The van der Waals surface area contributed by atoms with Crippen molar-refractivity contribution in [3.8, 4) is 0 Å². The Morgan fingerprint density at radius 2 is 1.48 bits per heavy atom. The first-order valence-electron chi connectivity index (χ1n) is 12.1. The Kier molecular flexibility index (Phi) is 18.1. The van der Waals surface area contributed by atoms with Gasteiger partial charge in [0.15, 0.2) is 6.29 Å². The Morgan fingerprint density at radius 3 is 2.13 bits per heavy atom. The molecule has 0 unspecified atom stereocenters. The maximum Gasteiger partial charge on any atom is 0.305 e. The molecular weight excluding hydrogens is 400 g/mol. The molecule has 0 bridgehead atoms. The molecule has 0 saturated heterocycles. The number of carbonyl (C=O) groups is 2. The van der Waals surface area contributed by atoms with Crippen LogP contribution in [0.3, 0.4) is 0 Å². The molecular formula is C24H42O7. The maximum absolute atomic E-state index is 11.7. The summed E-state index contributed by atoms with van der Waals surface area (Å²) in [5, 5.41) is 37.8. The van der Waals surface area contributed by atoms with Crippen LogP contribution in [0.2, 0.25) is 0 Å². The summed E-state index contributed by atoms with van der Waals surface area (Å²) < 4.78 is 11.9. The van der Waals surface area contributed by atoms with Crippen molar-refractivity contribution in [2.75, 3.05) is 6.61 Å². The van der Waals surface area contributed by atoms with Crippen molar-refractivity contribution in [1.29, 1.82) is 0 Å². The summed E-state index contributed by atoms with van der Waals surface area (Å²) in [6, 6.07) is 0. The van der Waals surface area contributed by atoms with Crippen molar-refractivity contribution in [1.82, 2.24) is 0 Å². The summed E-state index contributed by atoms with van der Waals surface area (Å²) in [7, 11) is 0. The number of ether oxygens (including phenoxy) is 1. The van der Waals surface area contributed by atoms with Crippen LogP contribution in [0.15, 0.2) is 24.3 Å². The number of aliphatic hydroxyl groups is 4. The molecule has 0 aliphatic carbocycles. The molecule has 0 saturated carbocycles. The number of unbranched alkanes of at least 4 members (excludes halogenated alkanes) is 8. The monoisotopic (exact) mass is 443 g/mol. The Bertz CT molecular complexity index is 524. The first-order chi connectivity index (χ1) is 15.4. The van der Waals surface area contributed by atoms with Crippen molar-refractivity contribution >= 4 is 12.3 Å². The lowest BCUT2D eigenvalue weighted by atomic mass is 10.0. The van der Waals surface area contributed by atoms with E-state index in [1.54, 1.807) is 0 Å². The van der Waals surface area contributed by atoms with E-state index in [1.165, 1.54) is 6.42 Å². The van der Waals surface area contributed by atoms with Crippen molar-refractivity contribution in [2.24, 2.45) is 0 Å². The summed E-state index contributed by atoms with van der Waals surface area (Å²) in [5.41, 5.74) is 0. The molecule has 0 aromatic carbocycles. The fourth-order valence-electron chi connectivity index (χ4n) is 2.87. The number of carbonyl (C=O) groups excluding carboxylic acids is 2. The summed E-state index contributed by atoms with van der Waals surface area (Å²) in [6.45, 7) is 0.0103. The summed E-state index contributed by atoms with van der Waals surface area (Å²) in [4.78, 5) is 22.0. The molecule has 180 valence electrons. The van der Waals surface area contributed by atoms with E-state index in [4.69, 9.17) is 11.2 Å². The number of esters is 1. The van der Waals surface area contributed by atoms with E-state index in [2.05, 4.69) is 24.3 Å². The molecule has 7 nitrogen and oxygen atoms in total. The second kappa shape index (κ2) is 20.4. The Hall–Kier alpha value is -1.54. The molecule has 31 heavy (non-hydrogen) atoms. The third kappa shape index (κ3) is 16.8. The molecule has 0 spiro atoms. The Morgan fingerprint density at radius 1 is 0.871 bits per heavy atom. The van der Waals surface area contributed by atoms with Crippen LogP contribution in [0.1, 0.15) is 85.3 Å². The van der Waals surface area contributed by atoms with Gasteiger partial charge in [0.2, 0.25) is 0 Å². The van der Waals surface area contributed by atoms with Gasteiger partial charge in [-0.2, -0.15) is 0 Å². The van der Waals surface area contributed by atoms with Crippen LogP contribution < -0.4 is 0 Å². The van der Waals surface area contributed by atoms with Gasteiger partial charge in [-0.25, -0.2) is 0 Å². The highest BCUT2D eigenvalue weighted by Gasteiger charge is 2.30. The molecule has 4 atom stereocenters. The van der Waals surface area contributed by atoms with Gasteiger partial charge in [0, 0.05) is 7.79 Å². The van der Waals surface area contributed by atoms with Gasteiger partial charge in [0.25, 0.3) is 0 Å². The van der Waals surface area contributed by atoms with Crippen molar-refractivity contribution in [2.45, 2.75) is 108 Å². The maximum atomic E-state index is 11.7. The fraction of sp³-hybridized carbons (Fsp3) is 0.750. The molecule has 0 rings (SSSR count). The van der Waals surface area contributed by atoms with E-state index in [0.717, 1.165) is 57.8 Å². The van der Waals surface area contributed by atoms with Crippen LogP contribution in [0.5, 0.6) is 0 Å². The van der Waals surface area contributed by atoms with Gasteiger partial charge in [0.1, 0.15) is 31.0 Å². The van der Waals surface area contributed by atoms with Crippen LogP contribution in [0.25, 0.3) is 0 Å². The quantitative estimate of drug-likeness (QED) is 0.0987. The molecule has 4 N–H and O–H groups in total. The minimum atomic E-state index is -1.85. The highest BCUT2D eigenvalue weighted by atomic mass is 16.5. The topological polar surface area (TPSA) is 124 Å². The van der Waals surface area contributed by atoms with Gasteiger partial charge >= 0.3 is 5.97 Å². The number of allylic oxidation sites excluding steroid dienone is 4. The van der Waals surface area contributed by atoms with Crippen molar-refractivity contribution < 1.29 is 36.1 Å². The fourth-order valence-corrected chi connectivity index (χ4v) is 2.87. The van der Waals surface area contributed by atoms with Crippen LogP contribution in [0.4, 0.5) is 0 Å². The third-order valence-electron chi connectivity index (χ3n) is 4.88. The molecule has 0 aliphatic heterocycles. The average molecular weight is 444 g/mol. The molecule has 0 fully saturated rings. The Balaban J connectivity index is 3.59. The highest BCUT2D eigenvalue weighted by molar-refractivity contribution is 5.69. The van der Waals surface area contributed by atoms with E-state index in [1.807, 2.05) is 0 Å². The zero-order valence-electron chi connectivity index (χ0n) is 19.6. The second-order valence-electron chi connectivity index (χ2n) is 7.69. The van der Waals surface area contributed by atoms with Gasteiger partial charge in [-0.3, -0.25) is 4.79 Å². The van der Waals surface area contributed by atoms with E-state index < -0.39 is 37.0 Å². The summed E-state index contributed by atoms with van der Waals surface area (Å²) in [5.74, 6) is -0.506. The van der Waals surface area contributed by atoms with E-state index in [0.29, 0.717) is 13.3 Å². The van der Waals surface area contributed by atoms with Crippen LogP contribution in [-0.4, -0.2) is 63.7 Å². The van der Waals surface area contributed by atoms with Gasteiger partial charge in [0.05, 0.1) is 0 Å². The zero-order chi connectivity index (χ0) is 24.0. The lowest BCUT2D eigenvalue weighted by Crippen LogP contribution is -2.46. The third-order valence-corrected chi connectivity index (χ3v) is 4.88. The summed E-state index contributed by atoms with van der Waals surface area (Å²) >= 11 is 0. The molecule has 0 radical (unpaired) electrons. The summed E-state index contributed by atoms with van der Waals surface area (Å²) in [6.07, 6.45) is 13.2. The zero-order valence-corrected chi connectivity index (χ0v) is 18.6. The predicted molar refractivity (Wildman–Crippen MR) is 120 cm³/mol. The molecule has 0 aliphatic rings. The number of hydrogen-bond acceptors (Lipinski definition) is 7. The highest BCUT2D eigenvalue weighted by Crippen LogP contribution is 2.10. The van der Waals surface area contributed by atoms with Gasteiger partial charge in [-0.05, 0) is 38.5 Å². The Labute approximate surface area is 188 Å². The van der Waals surface area contributed by atoms with E-state index in [9.17, 15) is 24.9 Å². The first-order valence-corrected chi connectivity index (χ1v) is 11.4. The minimum Gasteiger partial charge on any atom is -0.463 e. The van der Waals surface area contributed by atoms with Crippen molar-refractivity contribution in [3.05, 3.63) is 24.3 Å².